The highest BCUT2D eigenvalue weighted by molar-refractivity contribution is 6.30. The van der Waals surface area contributed by atoms with Crippen LogP contribution in [0.5, 0.6) is 0 Å². The maximum atomic E-state index is 14.9. The van der Waals surface area contributed by atoms with Crippen molar-refractivity contribution in [1.29, 1.82) is 0 Å². The number of hydrogen-bond acceptors (Lipinski definition) is 6. The van der Waals surface area contributed by atoms with Crippen LogP contribution in [0.1, 0.15) is 60.8 Å². The lowest BCUT2D eigenvalue weighted by atomic mass is 9.92. The van der Waals surface area contributed by atoms with Crippen LogP contribution in [0.15, 0.2) is 36.8 Å². The second kappa shape index (κ2) is 9.29. The Bertz CT molecular complexity index is 1470. The molecule has 0 amide bonds. The van der Waals surface area contributed by atoms with Crippen molar-refractivity contribution in [2.45, 2.75) is 56.3 Å². The summed E-state index contributed by atoms with van der Waals surface area (Å²) >= 11 is 5.93. The summed E-state index contributed by atoms with van der Waals surface area (Å²) in [5, 5.41) is 4.65. The smallest absolute Gasteiger partial charge is 0.373 e. The van der Waals surface area contributed by atoms with Crippen molar-refractivity contribution in [3.8, 4) is 11.3 Å². The van der Waals surface area contributed by atoms with E-state index in [0.29, 0.717) is 31.3 Å². The highest BCUT2D eigenvalue weighted by Crippen LogP contribution is 2.40. The molecule has 37 heavy (non-hydrogen) atoms. The lowest BCUT2D eigenvalue weighted by Crippen LogP contribution is -2.21. The summed E-state index contributed by atoms with van der Waals surface area (Å²) in [5.41, 5.74) is 1.05. The fraction of sp³-hybridized carbons (Fsp3) is 0.400. The van der Waals surface area contributed by atoms with E-state index in [2.05, 4.69) is 25.0 Å². The van der Waals surface area contributed by atoms with E-state index < -0.39 is 18.4 Å². The first-order chi connectivity index (χ1) is 17.7. The molecule has 1 aromatic carbocycles. The van der Waals surface area contributed by atoms with Gasteiger partial charge in [0.1, 0.15) is 22.9 Å². The second-order valence-corrected chi connectivity index (χ2v) is 9.88. The molecule has 0 unspecified atom stereocenters. The fourth-order valence-corrected chi connectivity index (χ4v) is 4.78. The minimum Gasteiger partial charge on any atom is -0.373 e. The van der Waals surface area contributed by atoms with Crippen molar-refractivity contribution in [3.63, 3.8) is 0 Å². The van der Waals surface area contributed by atoms with Crippen LogP contribution in [0.25, 0.3) is 22.4 Å². The molecule has 2 fully saturated rings. The third kappa shape index (κ3) is 5.15. The molecule has 4 aromatic rings. The van der Waals surface area contributed by atoms with E-state index in [-0.39, 0.29) is 45.2 Å². The molecule has 0 N–H and O–H groups in total. The molecule has 1 saturated carbocycles. The third-order valence-electron chi connectivity index (χ3n) is 6.61. The van der Waals surface area contributed by atoms with Gasteiger partial charge in [-0.25, -0.2) is 24.3 Å². The summed E-state index contributed by atoms with van der Waals surface area (Å²) in [6, 6.07) is 4.57. The normalized spacial score (nSPS) is 20.5. The first-order valence-electron chi connectivity index (χ1n) is 11.9. The van der Waals surface area contributed by atoms with Gasteiger partial charge in [0, 0.05) is 41.1 Å². The topological polar surface area (TPSA) is 78.6 Å². The van der Waals surface area contributed by atoms with Crippen molar-refractivity contribution in [1.82, 2.24) is 29.7 Å². The predicted octanol–water partition coefficient (Wildman–Crippen LogP) is 6.15. The van der Waals surface area contributed by atoms with Gasteiger partial charge in [0.25, 0.3) is 0 Å². The number of aromatic nitrogens is 6. The number of ether oxygens (including phenoxy) is 1. The van der Waals surface area contributed by atoms with Gasteiger partial charge in [-0.1, -0.05) is 11.6 Å². The molecule has 2 atom stereocenters. The fourth-order valence-electron chi connectivity index (χ4n) is 4.62. The number of alkyl halides is 3. The van der Waals surface area contributed by atoms with Crippen molar-refractivity contribution in [3.05, 3.63) is 64.7 Å². The van der Waals surface area contributed by atoms with Crippen molar-refractivity contribution in [2.75, 3.05) is 6.61 Å². The molecule has 0 spiro atoms. The summed E-state index contributed by atoms with van der Waals surface area (Å²) in [7, 11) is 0. The van der Waals surface area contributed by atoms with Crippen LogP contribution in [-0.2, 0) is 11.2 Å². The van der Waals surface area contributed by atoms with Crippen LogP contribution in [0.3, 0.4) is 0 Å². The maximum absolute atomic E-state index is 14.9. The molecule has 2 aliphatic rings. The summed E-state index contributed by atoms with van der Waals surface area (Å²) in [4.78, 5) is 17.5. The zero-order valence-corrected chi connectivity index (χ0v) is 20.2. The maximum Gasteiger partial charge on any atom is 0.394 e. The van der Waals surface area contributed by atoms with E-state index in [1.807, 2.05) is 10.9 Å². The van der Waals surface area contributed by atoms with Crippen molar-refractivity contribution >= 4 is 22.8 Å². The highest BCUT2D eigenvalue weighted by Gasteiger charge is 2.32. The van der Waals surface area contributed by atoms with E-state index in [1.54, 1.807) is 6.20 Å². The summed E-state index contributed by atoms with van der Waals surface area (Å²) in [6.45, 7) is 0.440. The summed E-state index contributed by atoms with van der Waals surface area (Å²) in [5.74, 6) is -0.454. The largest absolute Gasteiger partial charge is 0.394 e. The zero-order valence-electron chi connectivity index (χ0n) is 19.4. The van der Waals surface area contributed by atoms with Gasteiger partial charge in [-0.3, -0.25) is 4.68 Å². The molecule has 0 radical (unpaired) electrons. The number of fused-ring (bicyclic) bond motifs is 1. The van der Waals surface area contributed by atoms with E-state index in [4.69, 9.17) is 16.3 Å². The molecule has 3 aromatic heterocycles. The minimum atomic E-state index is -4.46. The molecule has 4 heterocycles. The average Bonchev–Trinajstić information content (AvgIpc) is 3.58. The monoisotopic (exact) mass is 532 g/mol. The van der Waals surface area contributed by atoms with E-state index in [0.717, 1.165) is 30.7 Å². The summed E-state index contributed by atoms with van der Waals surface area (Å²) < 4.78 is 61.9. The lowest BCUT2D eigenvalue weighted by Gasteiger charge is -2.28. The van der Waals surface area contributed by atoms with Crippen LogP contribution in [-0.4, -0.2) is 42.5 Å². The molecule has 1 aliphatic carbocycles. The van der Waals surface area contributed by atoms with Crippen molar-refractivity contribution in [2.24, 2.45) is 0 Å². The van der Waals surface area contributed by atoms with Gasteiger partial charge in [-0.2, -0.15) is 18.3 Å². The highest BCUT2D eigenvalue weighted by atomic mass is 35.5. The molecule has 6 rings (SSSR count). The van der Waals surface area contributed by atoms with Crippen LogP contribution >= 0.6 is 11.6 Å². The van der Waals surface area contributed by atoms with E-state index in [9.17, 15) is 17.6 Å². The minimum absolute atomic E-state index is 0.0132. The Kier molecular flexibility index (Phi) is 6.07. The molecular weight excluding hydrogens is 512 g/mol. The molecular formula is C25H21ClF4N6O. The Labute approximate surface area is 213 Å². The second-order valence-electron chi connectivity index (χ2n) is 9.45. The SMILES string of the molecule is Fc1cc(Cl)ccc1-c1nc([C@@H]2CCO[C@H](c3cnn(C4CC4)c3)C2)nc2nc(CC(F)(F)F)cnc12. The van der Waals surface area contributed by atoms with Crippen LogP contribution in [0, 0.1) is 5.82 Å². The van der Waals surface area contributed by atoms with Crippen molar-refractivity contribution < 1.29 is 22.3 Å². The van der Waals surface area contributed by atoms with Gasteiger partial charge >= 0.3 is 6.18 Å². The number of halogens is 5. The zero-order chi connectivity index (χ0) is 25.7. The van der Waals surface area contributed by atoms with Gasteiger partial charge in [0.15, 0.2) is 5.65 Å². The molecule has 12 heteroatoms. The molecule has 192 valence electrons. The van der Waals surface area contributed by atoms with Gasteiger partial charge in [-0.15, -0.1) is 0 Å². The van der Waals surface area contributed by atoms with E-state index in [1.165, 1.54) is 12.1 Å². The Morgan fingerprint density at radius 3 is 2.68 bits per heavy atom. The first-order valence-corrected chi connectivity index (χ1v) is 12.3. The number of nitrogens with zero attached hydrogens (tertiary/aromatic N) is 6. The van der Waals surface area contributed by atoms with Crippen LogP contribution in [0.4, 0.5) is 17.6 Å². The standard InChI is InChI=1S/C25H21ClF4N6O/c26-15-1-4-18(19(27)8-15)21-22-24(33-16(11-31-22)9-25(28,29)30)35-23(34-21)13-5-6-37-20(7-13)14-10-32-36(12-14)17-2-3-17/h1,4,8,10-13,17,20H,2-3,5-7,9H2/t13-,20+/m1/s1. The van der Waals surface area contributed by atoms with E-state index >= 15 is 0 Å². The number of benzene rings is 1. The Morgan fingerprint density at radius 1 is 1.08 bits per heavy atom. The molecule has 1 aliphatic heterocycles. The van der Waals surface area contributed by atoms with Gasteiger partial charge < -0.3 is 4.74 Å². The Morgan fingerprint density at radius 2 is 1.92 bits per heavy atom. The van der Waals surface area contributed by atoms with Gasteiger partial charge in [-0.05, 0) is 43.9 Å². The Hall–Kier alpha value is -3.18. The Balaban J connectivity index is 1.40. The third-order valence-corrected chi connectivity index (χ3v) is 6.84. The molecule has 0 bridgehead atoms. The van der Waals surface area contributed by atoms with Crippen LogP contribution in [0.2, 0.25) is 5.02 Å². The number of rotatable bonds is 5. The van der Waals surface area contributed by atoms with Crippen LogP contribution < -0.4 is 0 Å². The quantitative estimate of drug-likeness (QED) is 0.287. The summed E-state index contributed by atoms with van der Waals surface area (Å²) in [6.07, 6.45) is 2.25. The first kappa shape index (κ1) is 24.2. The number of hydrogen-bond donors (Lipinski definition) is 0. The molecule has 7 nitrogen and oxygen atoms in total. The molecule has 1 saturated heterocycles. The van der Waals surface area contributed by atoms with Gasteiger partial charge in [0.2, 0.25) is 0 Å². The predicted molar refractivity (Wildman–Crippen MR) is 126 cm³/mol. The average molecular weight is 533 g/mol. The lowest BCUT2D eigenvalue weighted by molar-refractivity contribution is -0.127. The van der Waals surface area contributed by atoms with Gasteiger partial charge in [0.05, 0.1) is 30.5 Å².